The number of amides is 5. The van der Waals surface area contributed by atoms with Crippen molar-refractivity contribution in [1.29, 1.82) is 0 Å². The highest BCUT2D eigenvalue weighted by Crippen LogP contribution is 2.65. The van der Waals surface area contributed by atoms with Gasteiger partial charge in [0.15, 0.2) is 0 Å². The molecule has 1 aromatic carbocycles. The maximum atomic E-state index is 14.0. The Bertz CT molecular complexity index is 1430. The number of nitrogens with one attached hydrogen (secondary N) is 4. The van der Waals surface area contributed by atoms with Crippen LogP contribution in [0.15, 0.2) is 30.3 Å². The summed E-state index contributed by atoms with van der Waals surface area (Å²) in [5.41, 5.74) is -3.33. The first-order valence-electron chi connectivity index (χ1n) is 16.3. The van der Waals surface area contributed by atoms with Gasteiger partial charge in [0, 0.05) is 13.1 Å². The zero-order valence-corrected chi connectivity index (χ0v) is 29.2. The fourth-order valence-electron chi connectivity index (χ4n) is 6.14. The Morgan fingerprint density at radius 1 is 0.959 bits per heavy atom. The number of alkyl carbamates (subject to hydrolysis) is 1. The predicted molar refractivity (Wildman–Crippen MR) is 172 cm³/mol. The molecule has 2 fully saturated rings. The van der Waals surface area contributed by atoms with E-state index in [0.717, 1.165) is 5.56 Å². The molecule has 1 aliphatic heterocycles. The molecule has 1 heterocycles. The standard InChI is InChI=1S/C34H48F3N5O7/c1-9-13-21(25(44)28(46)39-17-22(43)38-16-19-14-11-10-12-15-19)40-27(45)24-23-20(32(23,5)6)18-42(24)29(47)26(31(2,3)4)41-30(48)49-33(7,8)34(35,36)37/h10-12,14-15,20-21,23-24,26H,9,13,16-18H2,1-8H3,(H,38,43)(H,39,46)(H,40,45)(H,41,48)/t20-,21?,23-,24-,26+/m0/s1. The number of alkyl halides is 3. The Labute approximate surface area is 284 Å². The third kappa shape index (κ3) is 9.30. The van der Waals surface area contributed by atoms with Crippen LogP contribution in [0, 0.1) is 22.7 Å². The van der Waals surface area contributed by atoms with Crippen LogP contribution >= 0.6 is 0 Å². The second-order valence-corrected chi connectivity index (χ2v) is 14.9. The molecule has 0 aromatic heterocycles. The minimum Gasteiger partial charge on any atom is -0.434 e. The molecular formula is C34H48F3N5O7. The van der Waals surface area contributed by atoms with Gasteiger partial charge in [-0.3, -0.25) is 24.0 Å². The number of Topliss-reactive ketones (excluding diaryl/α,β-unsaturated/α-hetero) is 1. The molecule has 1 aromatic rings. The quantitative estimate of drug-likeness (QED) is 0.230. The molecule has 1 saturated carbocycles. The minimum atomic E-state index is -4.87. The minimum absolute atomic E-state index is 0.0954. The van der Waals surface area contributed by atoms with E-state index in [2.05, 4.69) is 26.0 Å². The third-order valence-corrected chi connectivity index (χ3v) is 9.34. The predicted octanol–water partition coefficient (Wildman–Crippen LogP) is 3.24. The van der Waals surface area contributed by atoms with Crippen LogP contribution in [0.2, 0.25) is 0 Å². The number of ketones is 1. The molecule has 2 aliphatic rings. The van der Waals surface area contributed by atoms with Crippen molar-refractivity contribution in [3.8, 4) is 0 Å². The number of fused-ring (bicyclic) bond motifs is 1. The van der Waals surface area contributed by atoms with Gasteiger partial charge in [-0.05, 0) is 48.5 Å². The Kier molecular flexibility index (Phi) is 11.8. The second kappa shape index (κ2) is 14.8. The first-order valence-corrected chi connectivity index (χ1v) is 16.3. The molecule has 4 N–H and O–H groups in total. The van der Waals surface area contributed by atoms with Gasteiger partial charge in [0.05, 0.1) is 12.6 Å². The number of piperidine rings is 1. The molecule has 5 amide bonds. The van der Waals surface area contributed by atoms with Crippen molar-refractivity contribution in [1.82, 2.24) is 26.2 Å². The SMILES string of the molecule is CCCC(NC(=O)[C@@H]1[C@@H]2[C@H](CN1C(=O)[C@@H](NC(=O)OC(C)(C)C(F)(F)F)C(C)(C)C)C2(C)C)C(=O)C(=O)NCC(=O)NCc1ccccc1. The number of ether oxygens (including phenoxy) is 1. The number of rotatable bonds is 13. The van der Waals surface area contributed by atoms with E-state index < -0.39 is 77.4 Å². The van der Waals surface area contributed by atoms with Gasteiger partial charge in [-0.25, -0.2) is 4.79 Å². The lowest BCUT2D eigenvalue weighted by molar-refractivity contribution is -0.244. The van der Waals surface area contributed by atoms with E-state index in [1.54, 1.807) is 27.7 Å². The Morgan fingerprint density at radius 2 is 1.57 bits per heavy atom. The number of carbonyl (C=O) groups is 6. The molecule has 1 unspecified atom stereocenters. The van der Waals surface area contributed by atoms with E-state index >= 15 is 0 Å². The van der Waals surface area contributed by atoms with Crippen molar-refractivity contribution in [3.63, 3.8) is 0 Å². The zero-order valence-electron chi connectivity index (χ0n) is 29.2. The number of likely N-dealkylation sites (tertiary alicyclic amines) is 1. The van der Waals surface area contributed by atoms with Gasteiger partial charge >= 0.3 is 12.3 Å². The average molecular weight is 696 g/mol. The van der Waals surface area contributed by atoms with E-state index in [-0.39, 0.29) is 36.8 Å². The second-order valence-electron chi connectivity index (χ2n) is 14.9. The van der Waals surface area contributed by atoms with Gasteiger partial charge in [-0.15, -0.1) is 0 Å². The summed E-state index contributed by atoms with van der Waals surface area (Å²) in [6.07, 6.45) is -5.80. The van der Waals surface area contributed by atoms with Crippen molar-refractivity contribution in [3.05, 3.63) is 35.9 Å². The van der Waals surface area contributed by atoms with Gasteiger partial charge in [-0.2, -0.15) is 13.2 Å². The number of nitrogens with zero attached hydrogens (tertiary/aromatic N) is 1. The molecule has 0 bridgehead atoms. The monoisotopic (exact) mass is 695 g/mol. The molecule has 3 rings (SSSR count). The first kappa shape index (κ1) is 39.3. The topological polar surface area (TPSA) is 163 Å². The van der Waals surface area contributed by atoms with Gasteiger partial charge in [0.1, 0.15) is 12.1 Å². The van der Waals surface area contributed by atoms with Gasteiger partial charge in [-0.1, -0.05) is 78.3 Å². The summed E-state index contributed by atoms with van der Waals surface area (Å²) in [5, 5.41) is 9.86. The Hall–Kier alpha value is -4.17. The van der Waals surface area contributed by atoms with E-state index in [0.29, 0.717) is 20.3 Å². The molecule has 1 aliphatic carbocycles. The normalized spacial score (nSPS) is 21.0. The number of benzene rings is 1. The van der Waals surface area contributed by atoms with Crippen molar-refractivity contribution in [2.45, 2.75) is 105 Å². The maximum Gasteiger partial charge on any atom is 0.427 e. The third-order valence-electron chi connectivity index (χ3n) is 9.34. The van der Waals surface area contributed by atoms with E-state index in [1.807, 2.05) is 44.2 Å². The highest BCUT2D eigenvalue weighted by Gasteiger charge is 2.70. The van der Waals surface area contributed by atoms with Crippen LogP contribution in [0.4, 0.5) is 18.0 Å². The number of halogens is 3. The lowest BCUT2D eigenvalue weighted by Gasteiger charge is -2.38. The molecule has 272 valence electrons. The summed E-state index contributed by atoms with van der Waals surface area (Å²) in [6.45, 7) is 11.7. The summed E-state index contributed by atoms with van der Waals surface area (Å²) in [4.78, 5) is 80.0. The van der Waals surface area contributed by atoms with Crippen molar-refractivity contribution >= 4 is 35.5 Å². The maximum absolute atomic E-state index is 14.0. The fourth-order valence-corrected chi connectivity index (χ4v) is 6.14. The summed E-state index contributed by atoms with van der Waals surface area (Å²) in [6, 6.07) is 5.39. The molecule has 49 heavy (non-hydrogen) atoms. The number of hydrogen-bond acceptors (Lipinski definition) is 7. The number of hydrogen-bond donors (Lipinski definition) is 4. The Balaban J connectivity index is 1.72. The van der Waals surface area contributed by atoms with Crippen LogP contribution in [0.5, 0.6) is 0 Å². The Morgan fingerprint density at radius 3 is 2.12 bits per heavy atom. The van der Waals surface area contributed by atoms with Crippen LogP contribution in [-0.2, 0) is 35.3 Å². The first-order chi connectivity index (χ1) is 22.5. The highest BCUT2D eigenvalue weighted by atomic mass is 19.4. The number of carbonyl (C=O) groups excluding carboxylic acids is 6. The van der Waals surface area contributed by atoms with E-state index in [1.165, 1.54) is 4.90 Å². The van der Waals surface area contributed by atoms with Crippen molar-refractivity contribution in [2.24, 2.45) is 22.7 Å². The lowest BCUT2D eigenvalue weighted by atomic mass is 9.85. The van der Waals surface area contributed by atoms with Crippen LogP contribution in [0.25, 0.3) is 0 Å². The summed E-state index contributed by atoms with van der Waals surface area (Å²) in [7, 11) is 0. The molecule has 15 heteroatoms. The highest BCUT2D eigenvalue weighted by molar-refractivity contribution is 6.38. The van der Waals surface area contributed by atoms with Gasteiger partial charge in [0.2, 0.25) is 29.1 Å². The van der Waals surface area contributed by atoms with Gasteiger partial charge in [0.25, 0.3) is 5.91 Å². The van der Waals surface area contributed by atoms with Crippen LogP contribution in [-0.4, -0.2) is 83.4 Å². The largest absolute Gasteiger partial charge is 0.434 e. The zero-order chi connectivity index (χ0) is 37.1. The fraction of sp³-hybridized carbons (Fsp3) is 0.647. The molecule has 1 saturated heterocycles. The van der Waals surface area contributed by atoms with Crippen LogP contribution in [0.3, 0.4) is 0 Å². The van der Waals surface area contributed by atoms with E-state index in [9.17, 15) is 41.9 Å². The summed E-state index contributed by atoms with van der Waals surface area (Å²) in [5.74, 6) is -4.33. The molecule has 5 atom stereocenters. The molecule has 0 spiro atoms. The van der Waals surface area contributed by atoms with Crippen molar-refractivity contribution < 1.29 is 46.7 Å². The smallest absolute Gasteiger partial charge is 0.427 e. The average Bonchev–Trinajstić information content (AvgIpc) is 3.31. The summed E-state index contributed by atoms with van der Waals surface area (Å²) < 4.78 is 44.8. The molecule has 0 radical (unpaired) electrons. The van der Waals surface area contributed by atoms with Crippen LogP contribution in [0.1, 0.15) is 73.8 Å². The van der Waals surface area contributed by atoms with E-state index in [4.69, 9.17) is 0 Å². The van der Waals surface area contributed by atoms with Crippen LogP contribution < -0.4 is 21.3 Å². The summed E-state index contributed by atoms with van der Waals surface area (Å²) >= 11 is 0. The molecular weight excluding hydrogens is 647 g/mol. The van der Waals surface area contributed by atoms with Crippen molar-refractivity contribution in [2.75, 3.05) is 13.1 Å². The lowest BCUT2D eigenvalue weighted by Crippen LogP contribution is -2.61. The molecule has 12 nitrogen and oxygen atoms in total. The van der Waals surface area contributed by atoms with Gasteiger partial charge < -0.3 is 30.9 Å².